The zero-order chi connectivity index (χ0) is 16.7. The molecule has 0 saturated heterocycles. The highest BCUT2D eigenvalue weighted by Gasteiger charge is 2.09. The molecule has 0 heterocycles. The summed E-state index contributed by atoms with van der Waals surface area (Å²) in [5.41, 5.74) is 1.62. The van der Waals surface area contributed by atoms with Crippen molar-refractivity contribution in [1.29, 1.82) is 5.26 Å². The minimum Gasteiger partial charge on any atom is -0.482 e. The molecule has 0 fully saturated rings. The maximum atomic E-state index is 11.9. The second kappa shape index (κ2) is 8.21. The van der Waals surface area contributed by atoms with Crippen LogP contribution in [-0.4, -0.2) is 19.1 Å². The number of nitrogens with one attached hydrogen (secondary N) is 1. The van der Waals surface area contributed by atoms with E-state index in [1.54, 1.807) is 12.1 Å². The largest absolute Gasteiger partial charge is 0.482 e. The SMILES string of the molecule is C[C@H](CNC(=O)COc1ccc(C#N)cc1Cl)c1ccccc1. The lowest BCUT2D eigenvalue weighted by Gasteiger charge is -2.13. The first-order valence-electron chi connectivity index (χ1n) is 7.24. The summed E-state index contributed by atoms with van der Waals surface area (Å²) in [7, 11) is 0. The van der Waals surface area contributed by atoms with Crippen LogP contribution in [-0.2, 0) is 4.79 Å². The molecule has 2 aromatic rings. The zero-order valence-electron chi connectivity index (χ0n) is 12.8. The van der Waals surface area contributed by atoms with Gasteiger partial charge in [-0.1, -0.05) is 48.9 Å². The minimum absolute atomic E-state index is 0.118. The Balaban J connectivity index is 1.80. The molecule has 0 aliphatic rings. The smallest absolute Gasteiger partial charge is 0.257 e. The third-order valence-electron chi connectivity index (χ3n) is 3.39. The van der Waals surface area contributed by atoms with Crippen molar-refractivity contribution in [3.63, 3.8) is 0 Å². The van der Waals surface area contributed by atoms with Crippen molar-refractivity contribution < 1.29 is 9.53 Å². The number of nitrogens with zero attached hydrogens (tertiary/aromatic N) is 1. The predicted octanol–water partition coefficient (Wildman–Crippen LogP) is 3.51. The highest BCUT2D eigenvalue weighted by atomic mass is 35.5. The number of benzene rings is 2. The number of halogens is 1. The fraction of sp³-hybridized carbons (Fsp3) is 0.222. The summed E-state index contributed by atoms with van der Waals surface area (Å²) in [6.07, 6.45) is 0. The Kier molecular flexibility index (Phi) is 6.02. The summed E-state index contributed by atoms with van der Waals surface area (Å²) in [6, 6.07) is 16.7. The third kappa shape index (κ3) is 5.01. The van der Waals surface area contributed by atoms with Crippen LogP contribution in [0.1, 0.15) is 24.0 Å². The van der Waals surface area contributed by atoms with Gasteiger partial charge in [-0.3, -0.25) is 4.79 Å². The Morgan fingerprint density at radius 3 is 2.70 bits per heavy atom. The fourth-order valence-corrected chi connectivity index (χ4v) is 2.28. The maximum absolute atomic E-state index is 11.9. The molecule has 0 saturated carbocycles. The van der Waals surface area contributed by atoms with Crippen LogP contribution in [0, 0.1) is 11.3 Å². The van der Waals surface area contributed by atoms with Crippen molar-refractivity contribution in [3.8, 4) is 11.8 Å². The van der Waals surface area contributed by atoms with Crippen molar-refractivity contribution in [2.24, 2.45) is 0 Å². The number of nitriles is 1. The van der Waals surface area contributed by atoms with Crippen molar-refractivity contribution in [1.82, 2.24) is 5.32 Å². The van der Waals surface area contributed by atoms with Gasteiger partial charge in [-0.25, -0.2) is 0 Å². The van der Waals surface area contributed by atoms with Gasteiger partial charge in [0.05, 0.1) is 16.7 Å². The second-order valence-electron chi connectivity index (χ2n) is 5.16. The summed E-state index contributed by atoms with van der Waals surface area (Å²) in [4.78, 5) is 11.9. The number of amides is 1. The Hall–Kier alpha value is -2.51. The van der Waals surface area contributed by atoms with Crippen molar-refractivity contribution >= 4 is 17.5 Å². The monoisotopic (exact) mass is 328 g/mol. The molecule has 2 aromatic carbocycles. The molecular formula is C18H17ClN2O2. The molecule has 0 radical (unpaired) electrons. The molecule has 0 aliphatic carbocycles. The summed E-state index contributed by atoms with van der Waals surface area (Å²) in [5.74, 6) is 0.392. The molecule has 0 bridgehead atoms. The molecule has 1 amide bonds. The van der Waals surface area contributed by atoms with Gasteiger partial charge in [0.2, 0.25) is 0 Å². The van der Waals surface area contributed by atoms with E-state index >= 15 is 0 Å². The average molecular weight is 329 g/mol. The summed E-state index contributed by atoms with van der Waals surface area (Å²) in [5, 5.41) is 11.9. The van der Waals surface area contributed by atoms with Crippen LogP contribution in [0.2, 0.25) is 5.02 Å². The van der Waals surface area contributed by atoms with Gasteiger partial charge in [0.15, 0.2) is 6.61 Å². The third-order valence-corrected chi connectivity index (χ3v) is 3.69. The Bertz CT molecular complexity index is 711. The highest BCUT2D eigenvalue weighted by molar-refractivity contribution is 6.32. The van der Waals surface area contributed by atoms with Crippen LogP contribution in [0.4, 0.5) is 0 Å². The number of rotatable bonds is 6. The quantitative estimate of drug-likeness (QED) is 0.882. The number of hydrogen-bond donors (Lipinski definition) is 1. The van der Waals surface area contributed by atoms with E-state index in [4.69, 9.17) is 21.6 Å². The normalized spacial score (nSPS) is 11.3. The van der Waals surface area contributed by atoms with E-state index < -0.39 is 0 Å². The van der Waals surface area contributed by atoms with Gasteiger partial charge in [0.1, 0.15) is 5.75 Å². The first kappa shape index (κ1) is 16.9. The van der Waals surface area contributed by atoms with E-state index in [9.17, 15) is 4.79 Å². The fourth-order valence-electron chi connectivity index (χ4n) is 2.05. The summed E-state index contributed by atoms with van der Waals surface area (Å²) >= 11 is 5.99. The van der Waals surface area contributed by atoms with E-state index in [-0.39, 0.29) is 18.4 Å². The molecule has 0 spiro atoms. The molecule has 5 heteroatoms. The Morgan fingerprint density at radius 2 is 2.04 bits per heavy atom. The number of hydrogen-bond acceptors (Lipinski definition) is 3. The van der Waals surface area contributed by atoms with E-state index in [1.807, 2.05) is 43.3 Å². The van der Waals surface area contributed by atoms with E-state index in [0.717, 1.165) is 0 Å². The Labute approximate surface area is 140 Å². The van der Waals surface area contributed by atoms with Gasteiger partial charge in [-0.15, -0.1) is 0 Å². The van der Waals surface area contributed by atoms with E-state index in [1.165, 1.54) is 11.6 Å². The van der Waals surface area contributed by atoms with Crippen LogP contribution in [0.3, 0.4) is 0 Å². The second-order valence-corrected chi connectivity index (χ2v) is 5.57. The summed E-state index contributed by atoms with van der Waals surface area (Å²) in [6.45, 7) is 2.47. The molecule has 0 aliphatic heterocycles. The lowest BCUT2D eigenvalue weighted by atomic mass is 10.0. The molecule has 118 valence electrons. The van der Waals surface area contributed by atoms with Crippen LogP contribution in [0.25, 0.3) is 0 Å². The maximum Gasteiger partial charge on any atom is 0.257 e. The van der Waals surface area contributed by atoms with Gasteiger partial charge in [0.25, 0.3) is 5.91 Å². The molecule has 0 aromatic heterocycles. The van der Waals surface area contributed by atoms with Gasteiger partial charge in [-0.2, -0.15) is 5.26 Å². The van der Waals surface area contributed by atoms with Crippen LogP contribution in [0.15, 0.2) is 48.5 Å². The lowest BCUT2D eigenvalue weighted by molar-refractivity contribution is -0.123. The van der Waals surface area contributed by atoms with Crippen molar-refractivity contribution in [3.05, 3.63) is 64.7 Å². The van der Waals surface area contributed by atoms with Crippen LogP contribution >= 0.6 is 11.6 Å². The summed E-state index contributed by atoms with van der Waals surface area (Å²) < 4.78 is 5.38. The standard InChI is InChI=1S/C18H17ClN2O2/c1-13(15-5-3-2-4-6-15)11-21-18(22)12-23-17-8-7-14(10-20)9-16(17)19/h2-9,13H,11-12H2,1H3,(H,21,22)/t13-/m1/s1. The first-order chi connectivity index (χ1) is 11.1. The number of carbonyl (C=O) groups is 1. The van der Waals surface area contributed by atoms with Gasteiger partial charge in [0, 0.05) is 6.54 Å². The lowest BCUT2D eigenvalue weighted by Crippen LogP contribution is -2.31. The molecule has 1 atom stereocenters. The zero-order valence-corrected chi connectivity index (χ0v) is 13.5. The number of ether oxygens (including phenoxy) is 1. The minimum atomic E-state index is -0.215. The van der Waals surface area contributed by atoms with Crippen LogP contribution < -0.4 is 10.1 Å². The molecule has 0 unspecified atom stereocenters. The molecular weight excluding hydrogens is 312 g/mol. The van der Waals surface area contributed by atoms with Crippen molar-refractivity contribution in [2.75, 3.05) is 13.2 Å². The van der Waals surface area contributed by atoms with Crippen LogP contribution in [0.5, 0.6) is 5.75 Å². The highest BCUT2D eigenvalue weighted by Crippen LogP contribution is 2.25. The molecule has 4 nitrogen and oxygen atoms in total. The predicted molar refractivity (Wildman–Crippen MR) is 89.5 cm³/mol. The van der Waals surface area contributed by atoms with Gasteiger partial charge < -0.3 is 10.1 Å². The first-order valence-corrected chi connectivity index (χ1v) is 7.62. The molecule has 2 rings (SSSR count). The molecule has 1 N–H and O–H groups in total. The Morgan fingerprint density at radius 1 is 1.30 bits per heavy atom. The van der Waals surface area contributed by atoms with E-state index in [2.05, 4.69) is 5.32 Å². The van der Waals surface area contributed by atoms with Gasteiger partial charge in [-0.05, 0) is 29.7 Å². The van der Waals surface area contributed by atoms with Crippen molar-refractivity contribution in [2.45, 2.75) is 12.8 Å². The van der Waals surface area contributed by atoms with E-state index in [0.29, 0.717) is 22.9 Å². The topological polar surface area (TPSA) is 62.1 Å². The number of carbonyl (C=O) groups excluding carboxylic acids is 1. The molecule has 23 heavy (non-hydrogen) atoms. The average Bonchev–Trinajstić information content (AvgIpc) is 2.59. The van der Waals surface area contributed by atoms with Gasteiger partial charge >= 0.3 is 0 Å².